The Morgan fingerprint density at radius 3 is 2.00 bits per heavy atom. The molecule has 0 fully saturated rings. The molecule has 0 saturated heterocycles. The van der Waals surface area contributed by atoms with Crippen molar-refractivity contribution in [2.75, 3.05) is 27.4 Å². The number of methoxy groups -OCH3 is 2. The van der Waals surface area contributed by atoms with Crippen LogP contribution in [0.15, 0.2) is 0 Å². The molecular weight excluding hydrogens is 320 g/mol. The van der Waals surface area contributed by atoms with E-state index in [1.165, 1.54) is 0 Å². The van der Waals surface area contributed by atoms with Crippen LogP contribution in [0.3, 0.4) is 0 Å². The lowest BCUT2D eigenvalue weighted by Gasteiger charge is -2.26. The number of amides is 2. The van der Waals surface area contributed by atoms with Gasteiger partial charge in [0.05, 0.1) is 12.6 Å². The van der Waals surface area contributed by atoms with Crippen LogP contribution in [-0.4, -0.2) is 51.3 Å². The van der Waals surface area contributed by atoms with Gasteiger partial charge in [0.2, 0.25) is 11.8 Å². The summed E-state index contributed by atoms with van der Waals surface area (Å²) in [5, 5.41) is 6.07. The summed E-state index contributed by atoms with van der Waals surface area (Å²) in [6.45, 7) is 10.9. The summed E-state index contributed by atoms with van der Waals surface area (Å²) in [6.07, 6.45) is 2.44. The smallest absolute Gasteiger partial charge is 0.223 e. The standard InChI is InChI=1S/C19H38N2O4/c1-13(2)18(22)21-17(12-25-7)14(3)8-9-15(4)19(23)20-16(5)10-11-24-6/h13-17H,8-12H2,1-7H3,(H,20,23)(H,21,22)/t14?,15?,16-,17?/m0/s1. The molecule has 2 amide bonds. The molecule has 0 saturated carbocycles. The molecule has 25 heavy (non-hydrogen) atoms. The monoisotopic (exact) mass is 358 g/mol. The highest BCUT2D eigenvalue weighted by Crippen LogP contribution is 2.17. The number of nitrogens with one attached hydrogen (secondary N) is 2. The van der Waals surface area contributed by atoms with Crippen molar-refractivity contribution in [2.45, 2.75) is 66.0 Å². The second-order valence-electron chi connectivity index (χ2n) is 7.37. The summed E-state index contributed by atoms with van der Waals surface area (Å²) in [5.74, 6) is 0.238. The van der Waals surface area contributed by atoms with Crippen molar-refractivity contribution < 1.29 is 19.1 Å². The van der Waals surface area contributed by atoms with Gasteiger partial charge < -0.3 is 20.1 Å². The topological polar surface area (TPSA) is 76.7 Å². The molecule has 0 aliphatic rings. The fourth-order valence-electron chi connectivity index (χ4n) is 2.47. The highest BCUT2D eigenvalue weighted by Gasteiger charge is 2.23. The molecule has 2 N–H and O–H groups in total. The zero-order chi connectivity index (χ0) is 19.4. The van der Waals surface area contributed by atoms with Crippen LogP contribution in [0.5, 0.6) is 0 Å². The van der Waals surface area contributed by atoms with E-state index in [0.29, 0.717) is 13.2 Å². The van der Waals surface area contributed by atoms with Crippen molar-refractivity contribution >= 4 is 11.8 Å². The highest BCUT2D eigenvalue weighted by molar-refractivity contribution is 5.78. The van der Waals surface area contributed by atoms with Crippen molar-refractivity contribution in [1.82, 2.24) is 10.6 Å². The molecule has 0 aromatic rings. The van der Waals surface area contributed by atoms with E-state index in [1.54, 1.807) is 14.2 Å². The van der Waals surface area contributed by atoms with Crippen LogP contribution in [0.1, 0.15) is 53.9 Å². The minimum Gasteiger partial charge on any atom is -0.385 e. The molecule has 0 aliphatic carbocycles. The van der Waals surface area contributed by atoms with Crippen LogP contribution in [0.4, 0.5) is 0 Å². The van der Waals surface area contributed by atoms with Gasteiger partial charge in [-0.05, 0) is 32.1 Å². The number of carbonyl (C=O) groups is 2. The summed E-state index contributed by atoms with van der Waals surface area (Å²) in [6, 6.07) is 0.0784. The molecule has 0 aliphatic heterocycles. The molecule has 6 nitrogen and oxygen atoms in total. The Hall–Kier alpha value is -1.14. The average molecular weight is 359 g/mol. The highest BCUT2D eigenvalue weighted by atomic mass is 16.5. The van der Waals surface area contributed by atoms with Gasteiger partial charge in [0, 0.05) is 38.7 Å². The van der Waals surface area contributed by atoms with Crippen molar-refractivity contribution in [2.24, 2.45) is 17.8 Å². The summed E-state index contributed by atoms with van der Waals surface area (Å²) in [7, 11) is 3.30. The van der Waals surface area contributed by atoms with E-state index in [9.17, 15) is 9.59 Å². The van der Waals surface area contributed by atoms with E-state index in [0.717, 1.165) is 19.3 Å². The van der Waals surface area contributed by atoms with Gasteiger partial charge in [0.15, 0.2) is 0 Å². The van der Waals surface area contributed by atoms with Crippen molar-refractivity contribution in [3.05, 3.63) is 0 Å². The molecule has 0 rings (SSSR count). The zero-order valence-electron chi connectivity index (χ0n) is 17.1. The van der Waals surface area contributed by atoms with Crippen molar-refractivity contribution in [1.29, 1.82) is 0 Å². The minimum absolute atomic E-state index is 0.0317. The number of ether oxygens (including phenoxy) is 2. The number of hydrogen-bond acceptors (Lipinski definition) is 4. The molecule has 0 spiro atoms. The maximum absolute atomic E-state index is 12.2. The Labute approximate surface area is 153 Å². The number of carbonyl (C=O) groups excluding carboxylic acids is 2. The van der Waals surface area contributed by atoms with Crippen LogP contribution in [0.25, 0.3) is 0 Å². The van der Waals surface area contributed by atoms with Crippen molar-refractivity contribution in [3.63, 3.8) is 0 Å². The first-order chi connectivity index (χ1) is 11.7. The number of rotatable bonds is 13. The van der Waals surface area contributed by atoms with Crippen LogP contribution < -0.4 is 10.6 Å². The van der Waals surface area contributed by atoms with E-state index in [4.69, 9.17) is 9.47 Å². The third-order valence-corrected chi connectivity index (χ3v) is 4.53. The minimum atomic E-state index is -0.0589. The Balaban J connectivity index is 4.39. The predicted octanol–water partition coefficient (Wildman–Crippen LogP) is 2.37. The van der Waals surface area contributed by atoms with E-state index < -0.39 is 0 Å². The normalized spacial score (nSPS) is 16.2. The van der Waals surface area contributed by atoms with E-state index in [1.807, 2.05) is 27.7 Å². The molecule has 0 radical (unpaired) electrons. The molecule has 4 atom stereocenters. The molecule has 0 heterocycles. The summed E-state index contributed by atoms with van der Waals surface area (Å²) in [5.41, 5.74) is 0. The van der Waals surface area contributed by atoms with Gasteiger partial charge in [-0.1, -0.05) is 27.7 Å². The number of hydrogen-bond donors (Lipinski definition) is 2. The van der Waals surface area contributed by atoms with Crippen molar-refractivity contribution in [3.8, 4) is 0 Å². The largest absolute Gasteiger partial charge is 0.385 e. The predicted molar refractivity (Wildman–Crippen MR) is 100 cm³/mol. The third-order valence-electron chi connectivity index (χ3n) is 4.53. The first kappa shape index (κ1) is 23.9. The van der Waals surface area contributed by atoms with Crippen LogP contribution in [0.2, 0.25) is 0 Å². The fourth-order valence-corrected chi connectivity index (χ4v) is 2.47. The maximum Gasteiger partial charge on any atom is 0.223 e. The Morgan fingerprint density at radius 1 is 0.840 bits per heavy atom. The third kappa shape index (κ3) is 10.4. The maximum atomic E-state index is 12.2. The lowest BCUT2D eigenvalue weighted by molar-refractivity contribution is -0.126. The second kappa shape index (κ2) is 13.1. The molecule has 148 valence electrons. The molecule has 0 aromatic carbocycles. The summed E-state index contributed by atoms with van der Waals surface area (Å²) in [4.78, 5) is 24.2. The van der Waals surface area contributed by atoms with E-state index in [2.05, 4.69) is 17.6 Å². The van der Waals surface area contributed by atoms with Gasteiger partial charge in [0.1, 0.15) is 0 Å². The van der Waals surface area contributed by atoms with Crippen LogP contribution >= 0.6 is 0 Å². The lowest BCUT2D eigenvalue weighted by atomic mass is 9.92. The van der Waals surface area contributed by atoms with Crippen LogP contribution in [-0.2, 0) is 19.1 Å². The molecule has 3 unspecified atom stereocenters. The van der Waals surface area contributed by atoms with Gasteiger partial charge >= 0.3 is 0 Å². The van der Waals surface area contributed by atoms with Gasteiger partial charge in [-0.15, -0.1) is 0 Å². The van der Waals surface area contributed by atoms with Gasteiger partial charge in [-0.25, -0.2) is 0 Å². The lowest BCUT2D eigenvalue weighted by Crippen LogP contribution is -2.44. The van der Waals surface area contributed by atoms with E-state index in [-0.39, 0.29) is 41.7 Å². The Bertz CT molecular complexity index is 388. The Kier molecular flexibility index (Phi) is 12.5. The summed E-state index contributed by atoms with van der Waals surface area (Å²) < 4.78 is 10.3. The van der Waals surface area contributed by atoms with Gasteiger partial charge in [0.25, 0.3) is 0 Å². The van der Waals surface area contributed by atoms with Gasteiger partial charge in [-0.3, -0.25) is 9.59 Å². The zero-order valence-corrected chi connectivity index (χ0v) is 17.1. The Morgan fingerprint density at radius 2 is 1.48 bits per heavy atom. The second-order valence-corrected chi connectivity index (χ2v) is 7.37. The van der Waals surface area contributed by atoms with Gasteiger partial charge in [-0.2, -0.15) is 0 Å². The molecule has 0 aromatic heterocycles. The summed E-state index contributed by atoms with van der Waals surface area (Å²) >= 11 is 0. The van der Waals surface area contributed by atoms with Crippen LogP contribution in [0, 0.1) is 17.8 Å². The fraction of sp³-hybridized carbons (Fsp3) is 0.895. The molecule has 0 bridgehead atoms. The average Bonchev–Trinajstić information content (AvgIpc) is 2.56. The quantitative estimate of drug-likeness (QED) is 0.530. The first-order valence-corrected chi connectivity index (χ1v) is 9.31. The molecule has 6 heteroatoms. The van der Waals surface area contributed by atoms with E-state index >= 15 is 0 Å². The first-order valence-electron chi connectivity index (χ1n) is 9.31. The molecular formula is C19H38N2O4. The SMILES string of the molecule is COCC[C@H](C)NC(=O)C(C)CCC(C)C(COC)NC(=O)C(C)C.